The molecule has 0 spiro atoms. The zero-order valence-electron chi connectivity index (χ0n) is 10.6. The fourth-order valence-corrected chi connectivity index (χ4v) is 2.51. The summed E-state index contributed by atoms with van der Waals surface area (Å²) in [6, 6.07) is 10.7. The molecule has 0 bridgehead atoms. The molecular formula is C14H14N2O2S2. The van der Waals surface area contributed by atoms with E-state index in [1.165, 1.54) is 11.3 Å². The largest absolute Gasteiger partial charge is 0.350 e. The van der Waals surface area contributed by atoms with E-state index in [0.29, 0.717) is 28.4 Å². The van der Waals surface area contributed by atoms with E-state index in [9.17, 15) is 9.59 Å². The second-order valence-electron chi connectivity index (χ2n) is 4.01. The second kappa shape index (κ2) is 7.12. The molecule has 2 N–H and O–H groups in total. The first-order valence-electron chi connectivity index (χ1n) is 6.06. The molecule has 0 radical (unpaired) electrons. The Morgan fingerprint density at radius 3 is 2.35 bits per heavy atom. The Hall–Kier alpha value is -1.79. The number of carbonyl (C=O) groups is 2. The number of thiol groups is 1. The molecule has 2 rings (SSSR count). The highest BCUT2D eigenvalue weighted by atomic mass is 32.1. The number of carbonyl (C=O) groups excluding carboxylic acids is 2. The predicted molar refractivity (Wildman–Crippen MR) is 82.7 cm³/mol. The standard InChI is InChI=1S/C14H14N2O2S2/c17-13(10-4-1-2-5-11(10)19)15-7-8-16-14(18)12-6-3-9-20-12/h1-6,9,19H,7-8H2,(H,15,17)(H,16,18). The zero-order chi connectivity index (χ0) is 14.4. The molecule has 0 fully saturated rings. The van der Waals surface area contributed by atoms with Gasteiger partial charge in [0.2, 0.25) is 0 Å². The lowest BCUT2D eigenvalue weighted by Crippen LogP contribution is -2.34. The van der Waals surface area contributed by atoms with Gasteiger partial charge in [0.15, 0.2) is 0 Å². The molecule has 6 heteroatoms. The second-order valence-corrected chi connectivity index (χ2v) is 5.44. The third-order valence-corrected chi connectivity index (χ3v) is 3.85. The maximum Gasteiger partial charge on any atom is 0.261 e. The number of nitrogens with one attached hydrogen (secondary N) is 2. The van der Waals surface area contributed by atoms with Gasteiger partial charge in [0.25, 0.3) is 11.8 Å². The molecule has 2 amide bonds. The summed E-state index contributed by atoms with van der Waals surface area (Å²) in [5.74, 6) is -0.315. The first-order valence-corrected chi connectivity index (χ1v) is 7.39. The van der Waals surface area contributed by atoms with E-state index in [2.05, 4.69) is 23.3 Å². The van der Waals surface area contributed by atoms with Gasteiger partial charge in [-0.05, 0) is 23.6 Å². The van der Waals surface area contributed by atoms with E-state index in [0.717, 1.165) is 0 Å². The van der Waals surface area contributed by atoms with Crippen molar-refractivity contribution in [3.05, 3.63) is 52.2 Å². The topological polar surface area (TPSA) is 58.2 Å². The maximum absolute atomic E-state index is 11.9. The summed E-state index contributed by atoms with van der Waals surface area (Å²) in [4.78, 5) is 24.8. The number of hydrogen-bond acceptors (Lipinski definition) is 4. The fraction of sp³-hybridized carbons (Fsp3) is 0.143. The minimum absolute atomic E-state index is 0.121. The average molecular weight is 306 g/mol. The summed E-state index contributed by atoms with van der Waals surface area (Å²) >= 11 is 5.61. The van der Waals surface area contributed by atoms with Crippen molar-refractivity contribution < 1.29 is 9.59 Å². The van der Waals surface area contributed by atoms with Crippen molar-refractivity contribution in [2.45, 2.75) is 4.90 Å². The lowest BCUT2D eigenvalue weighted by atomic mass is 10.2. The molecule has 2 aromatic rings. The third-order valence-electron chi connectivity index (χ3n) is 2.59. The lowest BCUT2D eigenvalue weighted by molar-refractivity contribution is 0.0928. The predicted octanol–water partition coefficient (Wildman–Crippen LogP) is 2.20. The summed E-state index contributed by atoms with van der Waals surface area (Å²) in [5.41, 5.74) is 0.528. The van der Waals surface area contributed by atoms with Gasteiger partial charge in [-0.25, -0.2) is 0 Å². The maximum atomic E-state index is 11.9. The summed E-state index contributed by atoms with van der Waals surface area (Å²) in [5, 5.41) is 7.33. The van der Waals surface area contributed by atoms with Gasteiger partial charge in [-0.3, -0.25) is 9.59 Å². The Balaban J connectivity index is 1.75. The highest BCUT2D eigenvalue weighted by Crippen LogP contribution is 2.12. The van der Waals surface area contributed by atoms with E-state index >= 15 is 0 Å². The van der Waals surface area contributed by atoms with Crippen molar-refractivity contribution in [2.24, 2.45) is 0 Å². The molecule has 0 saturated heterocycles. The number of hydrogen-bond donors (Lipinski definition) is 3. The fourth-order valence-electron chi connectivity index (χ4n) is 1.61. The van der Waals surface area contributed by atoms with Gasteiger partial charge < -0.3 is 10.6 Å². The molecule has 20 heavy (non-hydrogen) atoms. The van der Waals surface area contributed by atoms with Crippen LogP contribution in [0.3, 0.4) is 0 Å². The molecule has 4 nitrogen and oxygen atoms in total. The van der Waals surface area contributed by atoms with Gasteiger partial charge in [0, 0.05) is 18.0 Å². The van der Waals surface area contributed by atoms with Crippen molar-refractivity contribution in [2.75, 3.05) is 13.1 Å². The first-order chi connectivity index (χ1) is 9.68. The Morgan fingerprint density at radius 1 is 1.00 bits per heavy atom. The molecule has 0 aliphatic heterocycles. The summed E-state index contributed by atoms with van der Waals surface area (Å²) in [6.07, 6.45) is 0. The summed E-state index contributed by atoms with van der Waals surface area (Å²) in [6.45, 7) is 0.759. The smallest absolute Gasteiger partial charge is 0.261 e. The van der Waals surface area contributed by atoms with Gasteiger partial charge in [0.1, 0.15) is 0 Å². The highest BCUT2D eigenvalue weighted by molar-refractivity contribution is 7.80. The van der Waals surface area contributed by atoms with Crippen LogP contribution in [0.5, 0.6) is 0 Å². The van der Waals surface area contributed by atoms with Crippen LogP contribution in [0, 0.1) is 0 Å². The zero-order valence-corrected chi connectivity index (χ0v) is 12.3. The van der Waals surface area contributed by atoms with Crippen LogP contribution in [0.15, 0.2) is 46.7 Å². The van der Waals surface area contributed by atoms with Crippen LogP contribution in [0.25, 0.3) is 0 Å². The molecule has 0 aliphatic rings. The highest BCUT2D eigenvalue weighted by Gasteiger charge is 2.08. The van der Waals surface area contributed by atoms with Crippen molar-refractivity contribution in [1.29, 1.82) is 0 Å². The van der Waals surface area contributed by atoms with E-state index in [4.69, 9.17) is 0 Å². The van der Waals surface area contributed by atoms with Crippen LogP contribution in [0.4, 0.5) is 0 Å². The molecule has 1 heterocycles. The van der Waals surface area contributed by atoms with Crippen molar-refractivity contribution in [3.63, 3.8) is 0 Å². The Morgan fingerprint density at radius 2 is 1.70 bits per heavy atom. The van der Waals surface area contributed by atoms with Crippen molar-refractivity contribution >= 4 is 35.8 Å². The minimum atomic E-state index is -0.194. The number of rotatable bonds is 5. The average Bonchev–Trinajstić information content (AvgIpc) is 2.98. The Labute approximate surface area is 126 Å². The van der Waals surface area contributed by atoms with E-state index < -0.39 is 0 Å². The molecule has 1 aromatic heterocycles. The van der Waals surface area contributed by atoms with Crippen molar-refractivity contribution in [1.82, 2.24) is 10.6 Å². The van der Waals surface area contributed by atoms with Crippen molar-refractivity contribution in [3.8, 4) is 0 Å². The third kappa shape index (κ3) is 3.85. The van der Waals surface area contributed by atoms with E-state index in [1.54, 1.807) is 24.3 Å². The van der Waals surface area contributed by atoms with Crippen LogP contribution in [-0.4, -0.2) is 24.9 Å². The molecule has 0 aliphatic carbocycles. The van der Waals surface area contributed by atoms with Crippen LogP contribution in [-0.2, 0) is 0 Å². The first kappa shape index (κ1) is 14.6. The molecule has 0 saturated carbocycles. The molecule has 0 atom stereocenters. The minimum Gasteiger partial charge on any atom is -0.350 e. The molecule has 104 valence electrons. The van der Waals surface area contributed by atoms with Crippen LogP contribution in [0.1, 0.15) is 20.0 Å². The van der Waals surface area contributed by atoms with Gasteiger partial charge in [-0.2, -0.15) is 0 Å². The molecule has 1 aromatic carbocycles. The Bertz CT molecular complexity index is 597. The van der Waals surface area contributed by atoms with E-state index in [-0.39, 0.29) is 11.8 Å². The quantitative estimate of drug-likeness (QED) is 0.586. The van der Waals surface area contributed by atoms with Crippen LogP contribution < -0.4 is 10.6 Å². The SMILES string of the molecule is O=C(NCCNC(=O)c1ccccc1S)c1cccs1. The molecular weight excluding hydrogens is 292 g/mol. The monoisotopic (exact) mass is 306 g/mol. The number of amides is 2. The molecule has 0 unspecified atom stereocenters. The van der Waals surface area contributed by atoms with Crippen LogP contribution >= 0.6 is 24.0 Å². The summed E-state index contributed by atoms with van der Waals surface area (Å²) in [7, 11) is 0. The summed E-state index contributed by atoms with van der Waals surface area (Å²) < 4.78 is 0. The van der Waals surface area contributed by atoms with Gasteiger partial charge in [0.05, 0.1) is 10.4 Å². The van der Waals surface area contributed by atoms with Gasteiger partial charge in [-0.1, -0.05) is 18.2 Å². The normalized spacial score (nSPS) is 10.1. The number of benzene rings is 1. The Kier molecular flexibility index (Phi) is 5.20. The lowest BCUT2D eigenvalue weighted by Gasteiger charge is -2.07. The van der Waals surface area contributed by atoms with Crippen LogP contribution in [0.2, 0.25) is 0 Å². The van der Waals surface area contributed by atoms with E-state index in [1.807, 2.05) is 17.5 Å². The van der Waals surface area contributed by atoms with Gasteiger partial charge in [-0.15, -0.1) is 24.0 Å². The number of thiophene rings is 1. The van der Waals surface area contributed by atoms with Gasteiger partial charge >= 0.3 is 0 Å².